The number of hydrogen-bond acceptors (Lipinski definition) is 3. The minimum absolute atomic E-state index is 0.171. The summed E-state index contributed by atoms with van der Waals surface area (Å²) in [5.74, 6) is 1.78. The van der Waals surface area contributed by atoms with E-state index in [0.717, 1.165) is 23.0 Å². The van der Waals surface area contributed by atoms with E-state index in [-0.39, 0.29) is 6.10 Å². The summed E-state index contributed by atoms with van der Waals surface area (Å²) in [4.78, 5) is 0. The number of rotatable bonds is 5. The summed E-state index contributed by atoms with van der Waals surface area (Å²) in [6.07, 6.45) is 6.68. The molecule has 0 saturated heterocycles. The molecule has 1 aromatic carbocycles. The largest absolute Gasteiger partial charge is 0.491 e. The van der Waals surface area contributed by atoms with Crippen LogP contribution < -0.4 is 15.8 Å². The molecule has 0 aliphatic heterocycles. The Labute approximate surface area is 122 Å². The van der Waals surface area contributed by atoms with Gasteiger partial charge in [-0.05, 0) is 51.5 Å². The monoisotopic (exact) mass is 276 g/mol. The Balaban J connectivity index is 1.97. The summed E-state index contributed by atoms with van der Waals surface area (Å²) < 4.78 is 5.74. The van der Waals surface area contributed by atoms with E-state index in [1.807, 2.05) is 26.0 Å². The molecule has 2 rings (SSSR count). The Morgan fingerprint density at radius 2 is 1.90 bits per heavy atom. The van der Waals surface area contributed by atoms with E-state index in [0.29, 0.717) is 6.04 Å². The fourth-order valence-corrected chi connectivity index (χ4v) is 3.00. The molecule has 1 aliphatic rings. The molecule has 0 spiro atoms. The third-order valence-electron chi connectivity index (χ3n) is 4.10. The van der Waals surface area contributed by atoms with Crippen molar-refractivity contribution in [2.75, 3.05) is 11.1 Å². The summed E-state index contributed by atoms with van der Waals surface area (Å²) in [7, 11) is 0. The predicted octanol–water partition coefficient (Wildman–Crippen LogP) is 4.44. The predicted molar refractivity (Wildman–Crippen MR) is 86.3 cm³/mol. The van der Waals surface area contributed by atoms with Crippen molar-refractivity contribution in [3.63, 3.8) is 0 Å². The Morgan fingerprint density at radius 3 is 2.50 bits per heavy atom. The van der Waals surface area contributed by atoms with Gasteiger partial charge in [-0.15, -0.1) is 0 Å². The van der Waals surface area contributed by atoms with Gasteiger partial charge in [0.25, 0.3) is 0 Å². The standard InChI is InChI=1S/C17H28N2O/c1-4-13-5-7-15(8-6-13)19-16-9-14(18)10-17(11-16)20-12(2)3/h9-13,15,19H,4-8,18H2,1-3H3. The van der Waals surface area contributed by atoms with E-state index in [1.165, 1.54) is 32.1 Å². The van der Waals surface area contributed by atoms with Gasteiger partial charge in [-0.2, -0.15) is 0 Å². The molecular formula is C17H28N2O. The lowest BCUT2D eigenvalue weighted by molar-refractivity contribution is 0.242. The normalized spacial score (nSPS) is 22.8. The molecular weight excluding hydrogens is 248 g/mol. The van der Waals surface area contributed by atoms with E-state index < -0.39 is 0 Å². The Kier molecular flexibility index (Phi) is 5.16. The van der Waals surface area contributed by atoms with Gasteiger partial charge in [0.05, 0.1) is 6.10 Å². The number of nitrogens with one attached hydrogen (secondary N) is 1. The van der Waals surface area contributed by atoms with Crippen molar-refractivity contribution in [1.82, 2.24) is 0 Å². The first-order chi connectivity index (χ1) is 9.56. The van der Waals surface area contributed by atoms with Crippen LogP contribution >= 0.6 is 0 Å². The number of hydrogen-bond donors (Lipinski definition) is 2. The van der Waals surface area contributed by atoms with Crippen molar-refractivity contribution in [2.24, 2.45) is 5.92 Å². The molecule has 112 valence electrons. The maximum atomic E-state index is 5.96. The van der Waals surface area contributed by atoms with Crippen molar-refractivity contribution >= 4 is 11.4 Å². The van der Waals surface area contributed by atoms with Gasteiger partial charge in [0.1, 0.15) is 5.75 Å². The van der Waals surface area contributed by atoms with Crippen LogP contribution in [0.3, 0.4) is 0 Å². The minimum atomic E-state index is 0.171. The van der Waals surface area contributed by atoms with E-state index >= 15 is 0 Å². The van der Waals surface area contributed by atoms with Crippen LogP contribution in [0.15, 0.2) is 18.2 Å². The fourth-order valence-electron chi connectivity index (χ4n) is 3.00. The second-order valence-electron chi connectivity index (χ2n) is 6.23. The van der Waals surface area contributed by atoms with Crippen molar-refractivity contribution < 1.29 is 4.74 Å². The third-order valence-corrected chi connectivity index (χ3v) is 4.10. The number of nitrogens with two attached hydrogens (primary N) is 1. The first-order valence-electron chi connectivity index (χ1n) is 7.90. The van der Waals surface area contributed by atoms with Crippen LogP contribution in [-0.2, 0) is 0 Å². The van der Waals surface area contributed by atoms with Gasteiger partial charge >= 0.3 is 0 Å². The van der Waals surface area contributed by atoms with Gasteiger partial charge in [0, 0.05) is 29.5 Å². The fraction of sp³-hybridized carbons (Fsp3) is 0.647. The molecule has 1 saturated carbocycles. The summed E-state index contributed by atoms with van der Waals surface area (Å²) in [6.45, 7) is 6.36. The van der Waals surface area contributed by atoms with E-state index in [2.05, 4.69) is 18.3 Å². The van der Waals surface area contributed by atoms with Gasteiger partial charge in [-0.25, -0.2) is 0 Å². The third kappa shape index (κ3) is 4.32. The smallest absolute Gasteiger partial charge is 0.123 e. The molecule has 0 unspecified atom stereocenters. The average molecular weight is 276 g/mol. The van der Waals surface area contributed by atoms with E-state index in [1.54, 1.807) is 0 Å². The molecule has 0 heterocycles. The molecule has 0 aromatic heterocycles. The Morgan fingerprint density at radius 1 is 1.20 bits per heavy atom. The number of benzene rings is 1. The molecule has 0 atom stereocenters. The van der Waals surface area contributed by atoms with E-state index in [9.17, 15) is 0 Å². The van der Waals surface area contributed by atoms with Gasteiger partial charge in [0.15, 0.2) is 0 Å². The maximum Gasteiger partial charge on any atom is 0.123 e. The van der Waals surface area contributed by atoms with Gasteiger partial charge < -0.3 is 15.8 Å². The summed E-state index contributed by atoms with van der Waals surface area (Å²) >= 11 is 0. The zero-order chi connectivity index (χ0) is 14.5. The molecule has 1 aliphatic carbocycles. The molecule has 0 bridgehead atoms. The van der Waals surface area contributed by atoms with Crippen LogP contribution in [0, 0.1) is 5.92 Å². The lowest BCUT2D eigenvalue weighted by Crippen LogP contribution is -2.25. The Bertz CT molecular complexity index is 423. The topological polar surface area (TPSA) is 47.3 Å². The highest BCUT2D eigenvalue weighted by atomic mass is 16.5. The zero-order valence-electron chi connectivity index (χ0n) is 13.0. The van der Waals surface area contributed by atoms with Crippen LogP contribution in [0.4, 0.5) is 11.4 Å². The number of ether oxygens (including phenoxy) is 1. The second-order valence-corrected chi connectivity index (χ2v) is 6.23. The summed E-state index contributed by atoms with van der Waals surface area (Å²) in [5.41, 5.74) is 7.81. The highest BCUT2D eigenvalue weighted by Gasteiger charge is 2.19. The molecule has 1 fully saturated rings. The van der Waals surface area contributed by atoms with Gasteiger partial charge in [-0.1, -0.05) is 13.3 Å². The lowest BCUT2D eigenvalue weighted by atomic mass is 9.84. The molecule has 0 radical (unpaired) electrons. The lowest BCUT2D eigenvalue weighted by Gasteiger charge is -2.29. The van der Waals surface area contributed by atoms with Gasteiger partial charge in [-0.3, -0.25) is 0 Å². The van der Waals surface area contributed by atoms with Crippen LogP contribution in [0.1, 0.15) is 52.9 Å². The SMILES string of the molecule is CCC1CCC(Nc2cc(N)cc(OC(C)C)c2)CC1. The first-order valence-corrected chi connectivity index (χ1v) is 7.90. The van der Waals surface area contributed by atoms with E-state index in [4.69, 9.17) is 10.5 Å². The summed E-state index contributed by atoms with van der Waals surface area (Å²) in [6, 6.07) is 6.52. The molecule has 3 N–H and O–H groups in total. The maximum absolute atomic E-state index is 5.96. The average Bonchev–Trinajstić information content (AvgIpc) is 2.38. The van der Waals surface area contributed by atoms with Crippen LogP contribution in [0.25, 0.3) is 0 Å². The zero-order valence-corrected chi connectivity index (χ0v) is 13.0. The Hall–Kier alpha value is -1.38. The second kappa shape index (κ2) is 6.87. The van der Waals surface area contributed by atoms with Crippen LogP contribution in [0.2, 0.25) is 0 Å². The number of anilines is 2. The highest BCUT2D eigenvalue weighted by molar-refractivity contribution is 5.59. The molecule has 1 aromatic rings. The minimum Gasteiger partial charge on any atom is -0.491 e. The van der Waals surface area contributed by atoms with Crippen molar-refractivity contribution in [1.29, 1.82) is 0 Å². The quantitative estimate of drug-likeness (QED) is 0.782. The molecule has 0 amide bonds. The highest BCUT2D eigenvalue weighted by Crippen LogP contribution is 2.30. The van der Waals surface area contributed by atoms with Crippen molar-refractivity contribution in [2.45, 2.75) is 65.0 Å². The number of nitrogen functional groups attached to an aromatic ring is 1. The molecule has 20 heavy (non-hydrogen) atoms. The first kappa shape index (κ1) is 15.0. The van der Waals surface area contributed by atoms with Crippen LogP contribution in [0.5, 0.6) is 5.75 Å². The van der Waals surface area contributed by atoms with Crippen LogP contribution in [-0.4, -0.2) is 12.1 Å². The molecule has 3 nitrogen and oxygen atoms in total. The molecule has 3 heteroatoms. The van der Waals surface area contributed by atoms with Crippen molar-refractivity contribution in [3.05, 3.63) is 18.2 Å². The van der Waals surface area contributed by atoms with Crippen molar-refractivity contribution in [3.8, 4) is 5.75 Å². The summed E-state index contributed by atoms with van der Waals surface area (Å²) in [5, 5.41) is 3.62. The van der Waals surface area contributed by atoms with Gasteiger partial charge in [0.2, 0.25) is 0 Å².